The van der Waals surface area contributed by atoms with Crippen LogP contribution in [0.1, 0.15) is 43.7 Å². The summed E-state index contributed by atoms with van der Waals surface area (Å²) in [5, 5.41) is 17.6. The second-order valence-electron chi connectivity index (χ2n) is 6.29. The third kappa shape index (κ3) is 2.68. The number of nitrogens with zero attached hydrogens (tertiary/aromatic N) is 3. The molecule has 4 rings (SSSR count). The smallest absolute Gasteiger partial charge is 0.238 e. The molecule has 1 saturated carbocycles. The van der Waals surface area contributed by atoms with Gasteiger partial charge in [-0.15, -0.1) is 5.10 Å². The Bertz CT molecular complexity index is 922. The lowest BCUT2D eigenvalue weighted by atomic mass is 9.87. The van der Waals surface area contributed by atoms with Gasteiger partial charge in [0.2, 0.25) is 5.55 Å². The Hall–Kier alpha value is -2.63. The van der Waals surface area contributed by atoms with Crippen molar-refractivity contribution in [1.82, 2.24) is 15.0 Å². The number of aromatic nitrogens is 3. The Labute approximate surface area is 139 Å². The molecule has 1 aliphatic rings. The first-order valence-corrected chi connectivity index (χ1v) is 8.34. The van der Waals surface area contributed by atoms with Gasteiger partial charge in [-0.3, -0.25) is 5.41 Å². The fourth-order valence-electron chi connectivity index (χ4n) is 3.38. The molecule has 1 fully saturated rings. The van der Waals surface area contributed by atoms with Gasteiger partial charge in [0.05, 0.1) is 19.0 Å². The van der Waals surface area contributed by atoms with Crippen LogP contribution in [0, 0.1) is 5.41 Å². The number of benzene rings is 1. The van der Waals surface area contributed by atoms with Crippen LogP contribution in [0.2, 0.25) is 0 Å². The normalized spacial score (nSPS) is 15.7. The molecule has 1 aromatic carbocycles. The van der Waals surface area contributed by atoms with Crippen molar-refractivity contribution in [2.75, 3.05) is 7.11 Å². The third-order valence-corrected chi connectivity index (χ3v) is 4.74. The maximum Gasteiger partial charge on any atom is 0.238 e. The first-order chi connectivity index (χ1) is 11.7. The van der Waals surface area contributed by atoms with Crippen LogP contribution in [-0.2, 0) is 0 Å². The highest BCUT2D eigenvalue weighted by atomic mass is 16.5. The highest BCUT2D eigenvalue weighted by molar-refractivity contribution is 5.79. The molecule has 0 amide bonds. The van der Waals surface area contributed by atoms with E-state index < -0.39 is 0 Å². The predicted molar refractivity (Wildman–Crippen MR) is 89.4 cm³/mol. The fraction of sp³-hybridized carbons (Fsp3) is 0.389. The summed E-state index contributed by atoms with van der Waals surface area (Å²) in [6, 6.07) is 7.41. The molecule has 2 aromatic heterocycles. The molecule has 6 nitrogen and oxygen atoms in total. The summed E-state index contributed by atoms with van der Waals surface area (Å²) < 4.78 is 12.5. The van der Waals surface area contributed by atoms with E-state index in [1.165, 1.54) is 32.1 Å². The van der Waals surface area contributed by atoms with Gasteiger partial charge in [-0.25, -0.2) is 4.68 Å². The zero-order valence-electron chi connectivity index (χ0n) is 13.7. The molecule has 1 aliphatic carbocycles. The molecule has 0 spiro atoms. The summed E-state index contributed by atoms with van der Waals surface area (Å²) in [4.78, 5) is 0. The van der Waals surface area contributed by atoms with E-state index in [0.29, 0.717) is 17.2 Å². The molecule has 0 bridgehead atoms. The highest BCUT2D eigenvalue weighted by Gasteiger charge is 2.19. The Morgan fingerprint density at radius 1 is 1.21 bits per heavy atom. The van der Waals surface area contributed by atoms with Gasteiger partial charge in [-0.2, -0.15) is 0 Å². The number of hydrogen-bond donors (Lipinski definition) is 1. The first kappa shape index (κ1) is 14.9. The topological polar surface area (TPSA) is 76.9 Å². The van der Waals surface area contributed by atoms with Crippen LogP contribution in [0.15, 0.2) is 34.9 Å². The van der Waals surface area contributed by atoms with Gasteiger partial charge in [0.15, 0.2) is 0 Å². The number of hydrogen-bond acceptors (Lipinski definition) is 5. The molecule has 0 radical (unpaired) electrons. The molecule has 0 unspecified atom stereocenters. The van der Waals surface area contributed by atoms with Gasteiger partial charge < -0.3 is 9.15 Å². The Balaban J connectivity index is 1.74. The quantitative estimate of drug-likeness (QED) is 0.799. The van der Waals surface area contributed by atoms with Crippen molar-refractivity contribution in [1.29, 1.82) is 5.41 Å². The molecule has 0 aliphatic heterocycles. The van der Waals surface area contributed by atoms with Gasteiger partial charge in [-0.1, -0.05) is 24.5 Å². The summed E-state index contributed by atoms with van der Waals surface area (Å²) >= 11 is 0. The van der Waals surface area contributed by atoms with E-state index in [0.717, 1.165) is 16.8 Å². The number of nitrogens with one attached hydrogen (secondary N) is 1. The minimum atomic E-state index is 0.0766. The van der Waals surface area contributed by atoms with Gasteiger partial charge in [0.1, 0.15) is 17.0 Å². The molecule has 0 atom stereocenters. The maximum atomic E-state index is 8.16. The van der Waals surface area contributed by atoms with Crippen molar-refractivity contribution in [3.8, 4) is 11.4 Å². The summed E-state index contributed by atoms with van der Waals surface area (Å²) in [5.41, 5.74) is 2.33. The van der Waals surface area contributed by atoms with Crippen molar-refractivity contribution < 1.29 is 9.15 Å². The van der Waals surface area contributed by atoms with Gasteiger partial charge in [0.25, 0.3) is 0 Å². The predicted octanol–water partition coefficient (Wildman–Crippen LogP) is 3.55. The van der Waals surface area contributed by atoms with E-state index >= 15 is 0 Å². The lowest BCUT2D eigenvalue weighted by Gasteiger charge is -2.18. The van der Waals surface area contributed by atoms with Crippen LogP contribution in [0.3, 0.4) is 0 Å². The minimum Gasteiger partial charge on any atom is -0.497 e. The van der Waals surface area contributed by atoms with Crippen molar-refractivity contribution in [2.45, 2.75) is 38.0 Å². The molecule has 124 valence electrons. The third-order valence-electron chi connectivity index (χ3n) is 4.74. The van der Waals surface area contributed by atoms with Crippen LogP contribution in [0.5, 0.6) is 5.75 Å². The van der Waals surface area contributed by atoms with E-state index in [4.69, 9.17) is 14.6 Å². The van der Waals surface area contributed by atoms with Crippen LogP contribution < -0.4 is 10.3 Å². The van der Waals surface area contributed by atoms with Crippen LogP contribution >= 0.6 is 0 Å². The fourth-order valence-corrected chi connectivity index (χ4v) is 3.38. The molecule has 1 N–H and O–H groups in total. The number of rotatable bonds is 3. The lowest BCUT2D eigenvalue weighted by molar-refractivity contribution is 0.415. The van der Waals surface area contributed by atoms with Crippen LogP contribution in [-0.4, -0.2) is 22.1 Å². The van der Waals surface area contributed by atoms with Crippen LogP contribution in [0.25, 0.3) is 16.7 Å². The highest BCUT2D eigenvalue weighted by Crippen LogP contribution is 2.31. The van der Waals surface area contributed by atoms with E-state index in [9.17, 15) is 0 Å². The van der Waals surface area contributed by atoms with Gasteiger partial charge >= 0.3 is 0 Å². The first-order valence-electron chi connectivity index (χ1n) is 8.34. The van der Waals surface area contributed by atoms with Crippen molar-refractivity contribution >= 4 is 11.0 Å². The second kappa shape index (κ2) is 6.11. The molecule has 0 saturated heterocycles. The standard InChI is InChI=1S/C18H20N4O2/c1-23-14-7-8-17-13(9-14)10-16(18(19)24-17)22-11-15(20-21-22)12-5-3-2-4-6-12/h7-12,19H,2-6H2,1H3. The van der Waals surface area contributed by atoms with Crippen molar-refractivity contribution in [3.63, 3.8) is 0 Å². The van der Waals surface area contributed by atoms with Gasteiger partial charge in [0, 0.05) is 11.3 Å². The molecular weight excluding hydrogens is 304 g/mol. The zero-order chi connectivity index (χ0) is 16.5. The summed E-state index contributed by atoms with van der Waals surface area (Å²) in [6.45, 7) is 0. The Morgan fingerprint density at radius 2 is 2.04 bits per heavy atom. The monoisotopic (exact) mass is 324 g/mol. The summed E-state index contributed by atoms with van der Waals surface area (Å²) in [7, 11) is 1.63. The minimum absolute atomic E-state index is 0.0766. The number of ether oxygens (including phenoxy) is 1. The van der Waals surface area contributed by atoms with Crippen molar-refractivity contribution in [3.05, 3.63) is 41.7 Å². The average Bonchev–Trinajstić information content (AvgIpc) is 3.11. The largest absolute Gasteiger partial charge is 0.497 e. The SMILES string of the molecule is COc1ccc2oc(=N)c(-n3cc(C4CCCCC4)nn3)cc2c1. The number of methoxy groups -OCH3 is 1. The van der Waals surface area contributed by atoms with Crippen molar-refractivity contribution in [2.24, 2.45) is 0 Å². The molecule has 3 aromatic rings. The average molecular weight is 324 g/mol. The summed E-state index contributed by atoms with van der Waals surface area (Å²) in [6.07, 6.45) is 8.11. The number of fused-ring (bicyclic) bond motifs is 1. The summed E-state index contributed by atoms with van der Waals surface area (Å²) in [5.74, 6) is 1.24. The van der Waals surface area contributed by atoms with Crippen LogP contribution in [0.4, 0.5) is 0 Å². The Kier molecular flexibility index (Phi) is 3.80. The van der Waals surface area contributed by atoms with E-state index in [1.807, 2.05) is 30.5 Å². The van der Waals surface area contributed by atoms with E-state index in [1.54, 1.807) is 11.8 Å². The van der Waals surface area contributed by atoms with E-state index in [2.05, 4.69) is 10.3 Å². The maximum absolute atomic E-state index is 8.16. The lowest BCUT2D eigenvalue weighted by Crippen LogP contribution is -2.11. The zero-order valence-corrected chi connectivity index (χ0v) is 13.7. The molecule has 2 heterocycles. The Morgan fingerprint density at radius 3 is 2.83 bits per heavy atom. The molecule has 24 heavy (non-hydrogen) atoms. The van der Waals surface area contributed by atoms with E-state index in [-0.39, 0.29) is 5.55 Å². The second-order valence-corrected chi connectivity index (χ2v) is 6.29. The van der Waals surface area contributed by atoms with Gasteiger partial charge in [-0.05, 0) is 37.1 Å². The molecule has 6 heteroatoms. The molecular formula is C18H20N4O2.